The number of hydrogen-bond donors (Lipinski definition) is 2. The number of alkyl halides is 3. The van der Waals surface area contributed by atoms with Gasteiger partial charge in [0, 0.05) is 12.7 Å². The topological polar surface area (TPSA) is 75.6 Å². The molecule has 0 aliphatic carbocycles. The molecule has 116 valence electrons. The number of halogens is 3. The van der Waals surface area contributed by atoms with E-state index in [1.807, 2.05) is 0 Å². The normalized spacial score (nSPS) is 14.3. The first-order valence-corrected chi connectivity index (χ1v) is 5.82. The standard InChI is InChI=1S/C13H14F3NO4/c1-12(11(19)20,13(14,15)16)17-10(18)9-5-3-8(4-6-9)7-21-2/h3-6H,7H2,1-2H3,(H,17,18)(H,19,20). The molecule has 1 aromatic rings. The van der Waals surface area contributed by atoms with Crippen LogP contribution in [0.25, 0.3) is 0 Å². The average molecular weight is 305 g/mol. The van der Waals surface area contributed by atoms with Crippen molar-refractivity contribution in [2.45, 2.75) is 25.2 Å². The molecule has 1 atom stereocenters. The zero-order chi connectivity index (χ0) is 16.3. The van der Waals surface area contributed by atoms with Gasteiger partial charge in [-0.3, -0.25) is 4.79 Å². The molecule has 1 unspecified atom stereocenters. The third-order valence-electron chi connectivity index (χ3n) is 2.89. The van der Waals surface area contributed by atoms with Crippen molar-refractivity contribution >= 4 is 11.9 Å². The summed E-state index contributed by atoms with van der Waals surface area (Å²) in [4.78, 5) is 22.6. The van der Waals surface area contributed by atoms with Gasteiger partial charge < -0.3 is 15.2 Å². The van der Waals surface area contributed by atoms with Crippen molar-refractivity contribution in [1.82, 2.24) is 5.32 Å². The number of carbonyl (C=O) groups excluding carboxylic acids is 1. The highest BCUT2D eigenvalue weighted by Crippen LogP contribution is 2.30. The lowest BCUT2D eigenvalue weighted by atomic mass is 10.0. The fourth-order valence-corrected chi connectivity index (χ4v) is 1.46. The third kappa shape index (κ3) is 3.72. The maximum atomic E-state index is 12.8. The van der Waals surface area contributed by atoms with Gasteiger partial charge in [-0.1, -0.05) is 12.1 Å². The molecule has 0 heterocycles. The van der Waals surface area contributed by atoms with E-state index in [2.05, 4.69) is 0 Å². The first kappa shape index (κ1) is 17.0. The molecule has 1 rings (SSSR count). The Labute approximate surface area is 118 Å². The maximum Gasteiger partial charge on any atom is 0.422 e. The zero-order valence-corrected chi connectivity index (χ0v) is 11.3. The molecule has 21 heavy (non-hydrogen) atoms. The number of carboxylic acid groups (broad SMARTS) is 1. The molecular weight excluding hydrogens is 291 g/mol. The first-order valence-electron chi connectivity index (χ1n) is 5.82. The van der Waals surface area contributed by atoms with Crippen LogP contribution in [0.1, 0.15) is 22.8 Å². The van der Waals surface area contributed by atoms with Gasteiger partial charge in [-0.15, -0.1) is 0 Å². The minimum Gasteiger partial charge on any atom is -0.479 e. The van der Waals surface area contributed by atoms with E-state index in [-0.39, 0.29) is 12.2 Å². The van der Waals surface area contributed by atoms with Crippen molar-refractivity contribution in [3.8, 4) is 0 Å². The molecule has 8 heteroatoms. The Kier molecular flexibility index (Phi) is 4.95. The van der Waals surface area contributed by atoms with E-state index >= 15 is 0 Å². The van der Waals surface area contributed by atoms with E-state index in [0.29, 0.717) is 6.92 Å². The summed E-state index contributed by atoms with van der Waals surface area (Å²) in [6.07, 6.45) is -5.12. The second-order valence-corrected chi connectivity index (χ2v) is 4.51. The summed E-state index contributed by atoms with van der Waals surface area (Å²) >= 11 is 0. The number of hydrogen-bond acceptors (Lipinski definition) is 3. The zero-order valence-electron chi connectivity index (χ0n) is 11.3. The number of methoxy groups -OCH3 is 1. The van der Waals surface area contributed by atoms with Crippen molar-refractivity contribution in [2.75, 3.05) is 7.11 Å². The summed E-state index contributed by atoms with van der Waals surface area (Å²) in [6.45, 7) is 0.684. The average Bonchev–Trinajstić information content (AvgIpc) is 2.38. The molecule has 0 saturated heterocycles. The molecule has 1 aromatic carbocycles. The number of nitrogens with one attached hydrogen (secondary N) is 1. The molecule has 0 saturated carbocycles. The van der Waals surface area contributed by atoms with Gasteiger partial charge in [0.1, 0.15) is 0 Å². The maximum absolute atomic E-state index is 12.8. The van der Waals surface area contributed by atoms with E-state index < -0.39 is 23.6 Å². The van der Waals surface area contributed by atoms with Gasteiger partial charge in [0.15, 0.2) is 0 Å². The molecule has 0 aliphatic heterocycles. The van der Waals surface area contributed by atoms with Gasteiger partial charge in [-0.25, -0.2) is 4.79 Å². The molecule has 0 fully saturated rings. The number of aliphatic carboxylic acids is 1. The summed E-state index contributed by atoms with van der Waals surface area (Å²) in [5.74, 6) is -3.31. The minimum absolute atomic E-state index is 0.0772. The predicted molar refractivity (Wildman–Crippen MR) is 66.7 cm³/mol. The lowest BCUT2D eigenvalue weighted by Gasteiger charge is -2.28. The second kappa shape index (κ2) is 6.13. The smallest absolute Gasteiger partial charge is 0.422 e. The highest BCUT2D eigenvalue weighted by molar-refractivity contribution is 5.98. The lowest BCUT2D eigenvalue weighted by molar-refractivity contribution is -0.203. The molecule has 2 N–H and O–H groups in total. The molecule has 5 nitrogen and oxygen atoms in total. The van der Waals surface area contributed by atoms with Crippen molar-refractivity contribution in [2.24, 2.45) is 0 Å². The molecule has 0 radical (unpaired) electrons. The van der Waals surface area contributed by atoms with Crippen LogP contribution in [0.3, 0.4) is 0 Å². The number of rotatable bonds is 5. The lowest BCUT2D eigenvalue weighted by Crippen LogP contribution is -2.61. The molecule has 1 amide bonds. The number of ether oxygens (including phenoxy) is 1. The summed E-state index contributed by atoms with van der Waals surface area (Å²) in [5.41, 5.74) is -2.70. The Morgan fingerprint density at radius 3 is 2.14 bits per heavy atom. The van der Waals surface area contributed by atoms with Crippen LogP contribution in [-0.2, 0) is 16.1 Å². The fraction of sp³-hybridized carbons (Fsp3) is 0.385. The number of benzene rings is 1. The Morgan fingerprint density at radius 2 is 1.76 bits per heavy atom. The minimum atomic E-state index is -5.12. The summed E-state index contributed by atoms with van der Waals surface area (Å²) in [6, 6.07) is 5.60. The van der Waals surface area contributed by atoms with Crippen LogP contribution >= 0.6 is 0 Å². The molecule has 0 bridgehead atoms. The van der Waals surface area contributed by atoms with Crippen molar-refractivity contribution in [1.29, 1.82) is 0 Å². The second-order valence-electron chi connectivity index (χ2n) is 4.51. The van der Waals surface area contributed by atoms with Crippen LogP contribution in [0.2, 0.25) is 0 Å². The molecule has 0 aromatic heterocycles. The van der Waals surface area contributed by atoms with Gasteiger partial charge >= 0.3 is 12.1 Å². The highest BCUT2D eigenvalue weighted by Gasteiger charge is 2.58. The third-order valence-corrected chi connectivity index (χ3v) is 2.89. The summed E-state index contributed by atoms with van der Waals surface area (Å²) in [7, 11) is 1.47. The summed E-state index contributed by atoms with van der Waals surface area (Å²) in [5, 5.41) is 10.2. The number of carbonyl (C=O) groups is 2. The van der Waals surface area contributed by atoms with Gasteiger partial charge in [0.2, 0.25) is 5.54 Å². The van der Waals surface area contributed by atoms with Crippen LogP contribution < -0.4 is 5.32 Å². The van der Waals surface area contributed by atoms with Crippen LogP contribution in [0, 0.1) is 0 Å². The summed E-state index contributed by atoms with van der Waals surface area (Å²) < 4.78 is 43.2. The molecule has 0 spiro atoms. The van der Waals surface area contributed by atoms with Gasteiger partial charge in [0.25, 0.3) is 5.91 Å². The van der Waals surface area contributed by atoms with E-state index in [0.717, 1.165) is 5.56 Å². The van der Waals surface area contributed by atoms with Crippen LogP contribution in [0.15, 0.2) is 24.3 Å². The van der Waals surface area contributed by atoms with E-state index in [4.69, 9.17) is 9.84 Å². The van der Waals surface area contributed by atoms with Gasteiger partial charge in [-0.05, 0) is 24.6 Å². The SMILES string of the molecule is COCc1ccc(C(=O)NC(C)(C(=O)O)C(F)(F)F)cc1. The van der Waals surface area contributed by atoms with Crippen LogP contribution in [-0.4, -0.2) is 35.8 Å². The largest absolute Gasteiger partial charge is 0.479 e. The molecule has 0 aliphatic rings. The molecular formula is C13H14F3NO4. The first-order chi connectivity index (χ1) is 9.61. The van der Waals surface area contributed by atoms with Crippen molar-refractivity contribution in [3.63, 3.8) is 0 Å². The van der Waals surface area contributed by atoms with Gasteiger partial charge in [-0.2, -0.15) is 13.2 Å². The Balaban J connectivity index is 2.95. The van der Waals surface area contributed by atoms with Crippen molar-refractivity contribution < 1.29 is 32.6 Å². The number of amides is 1. The van der Waals surface area contributed by atoms with Crippen molar-refractivity contribution in [3.05, 3.63) is 35.4 Å². The Bertz CT molecular complexity index is 527. The van der Waals surface area contributed by atoms with Crippen LogP contribution in [0.5, 0.6) is 0 Å². The van der Waals surface area contributed by atoms with Crippen LogP contribution in [0.4, 0.5) is 13.2 Å². The quantitative estimate of drug-likeness (QED) is 0.872. The van der Waals surface area contributed by atoms with E-state index in [1.54, 1.807) is 0 Å². The Hall–Kier alpha value is -2.09. The highest BCUT2D eigenvalue weighted by atomic mass is 19.4. The number of carboxylic acids is 1. The van der Waals surface area contributed by atoms with E-state index in [9.17, 15) is 22.8 Å². The Morgan fingerprint density at radius 1 is 1.24 bits per heavy atom. The predicted octanol–water partition coefficient (Wildman–Crippen LogP) is 1.97. The van der Waals surface area contributed by atoms with Gasteiger partial charge in [0.05, 0.1) is 6.61 Å². The van der Waals surface area contributed by atoms with E-state index in [1.165, 1.54) is 36.7 Å². The monoisotopic (exact) mass is 305 g/mol. The fourth-order valence-electron chi connectivity index (χ4n) is 1.46.